The highest BCUT2D eigenvalue weighted by Gasteiger charge is 2.15. The van der Waals surface area contributed by atoms with E-state index in [-0.39, 0.29) is 0 Å². The van der Waals surface area contributed by atoms with Gasteiger partial charge in [-0.2, -0.15) is 0 Å². The second-order valence-electron chi connectivity index (χ2n) is 5.34. The Labute approximate surface area is 118 Å². The summed E-state index contributed by atoms with van der Waals surface area (Å²) >= 11 is 0. The van der Waals surface area contributed by atoms with Crippen molar-refractivity contribution in [2.45, 2.75) is 106 Å². The minimum absolute atomic E-state index is 0.990. The van der Waals surface area contributed by atoms with Gasteiger partial charge in [0, 0.05) is 0 Å². The predicted octanol–water partition coefficient (Wildman–Crippen LogP) is 7.23. The average Bonchev–Trinajstić information content (AvgIpc) is 2.45. The molecule has 18 heavy (non-hydrogen) atoms. The van der Waals surface area contributed by atoms with Gasteiger partial charge in [-0.1, -0.05) is 99.3 Å². The predicted molar refractivity (Wildman–Crippen MR) is 87.2 cm³/mol. The lowest BCUT2D eigenvalue weighted by Crippen LogP contribution is -2.10. The molecule has 0 amide bonds. The fraction of sp³-hybridized carbons (Fsp3) is 1.00. The zero-order valence-electron chi connectivity index (χ0n) is 14.2. The van der Waals surface area contributed by atoms with Gasteiger partial charge in [0.15, 0.2) is 0 Å². The molecule has 1 aliphatic rings. The third-order valence-corrected chi connectivity index (χ3v) is 3.76. The van der Waals surface area contributed by atoms with Gasteiger partial charge in [-0.15, -0.1) is 0 Å². The summed E-state index contributed by atoms with van der Waals surface area (Å²) in [5.74, 6) is 2.07. The van der Waals surface area contributed by atoms with E-state index in [0.29, 0.717) is 0 Å². The van der Waals surface area contributed by atoms with Gasteiger partial charge >= 0.3 is 0 Å². The molecule has 1 fully saturated rings. The van der Waals surface area contributed by atoms with Crippen molar-refractivity contribution < 1.29 is 0 Å². The monoisotopic (exact) mass is 256 g/mol. The van der Waals surface area contributed by atoms with Gasteiger partial charge < -0.3 is 0 Å². The summed E-state index contributed by atoms with van der Waals surface area (Å²) in [6.45, 7) is 12.8. The molecule has 0 saturated heterocycles. The van der Waals surface area contributed by atoms with Crippen molar-refractivity contribution in [3.63, 3.8) is 0 Å². The fourth-order valence-corrected chi connectivity index (χ4v) is 2.85. The van der Waals surface area contributed by atoms with Gasteiger partial charge in [-0.05, 0) is 18.3 Å². The molecular weight excluding hydrogens is 216 g/mol. The van der Waals surface area contributed by atoms with Crippen LogP contribution in [0, 0.1) is 11.8 Å². The Morgan fingerprint density at radius 2 is 1.44 bits per heavy atom. The van der Waals surface area contributed by atoms with Crippen molar-refractivity contribution in [3.8, 4) is 0 Å². The van der Waals surface area contributed by atoms with Crippen LogP contribution in [0.15, 0.2) is 0 Å². The van der Waals surface area contributed by atoms with Crippen molar-refractivity contribution in [1.82, 2.24) is 0 Å². The quantitative estimate of drug-likeness (QED) is 0.440. The van der Waals surface area contributed by atoms with E-state index in [2.05, 4.69) is 13.8 Å². The van der Waals surface area contributed by atoms with Crippen molar-refractivity contribution in [1.29, 1.82) is 0 Å². The maximum Gasteiger partial charge on any atom is -0.0412 e. The van der Waals surface area contributed by atoms with E-state index in [1.807, 2.05) is 27.7 Å². The lowest BCUT2D eigenvalue weighted by Gasteiger charge is -2.24. The van der Waals surface area contributed by atoms with E-state index in [9.17, 15) is 0 Å². The molecule has 1 rings (SSSR count). The number of hydrogen-bond donors (Lipinski definition) is 0. The lowest BCUT2D eigenvalue weighted by atomic mass is 9.82. The molecule has 0 radical (unpaired) electrons. The van der Waals surface area contributed by atoms with Gasteiger partial charge in [0.25, 0.3) is 0 Å². The van der Waals surface area contributed by atoms with E-state index in [0.717, 1.165) is 11.8 Å². The van der Waals surface area contributed by atoms with Gasteiger partial charge in [0.1, 0.15) is 0 Å². The van der Waals surface area contributed by atoms with E-state index in [1.54, 1.807) is 0 Å². The van der Waals surface area contributed by atoms with Crippen molar-refractivity contribution in [2.75, 3.05) is 0 Å². The summed E-state index contributed by atoms with van der Waals surface area (Å²) < 4.78 is 0. The number of hydrogen-bond acceptors (Lipinski definition) is 0. The zero-order valence-corrected chi connectivity index (χ0v) is 14.2. The molecule has 0 N–H and O–H groups in total. The molecule has 1 atom stereocenters. The average molecular weight is 257 g/mol. The molecule has 0 aromatic heterocycles. The first kappa shape index (κ1) is 20.3. The largest absolute Gasteiger partial charge is 0.0683 e. The maximum atomic E-state index is 2.46. The van der Waals surface area contributed by atoms with Crippen LogP contribution in [0.1, 0.15) is 106 Å². The van der Waals surface area contributed by atoms with Gasteiger partial charge in [0.2, 0.25) is 0 Å². The summed E-state index contributed by atoms with van der Waals surface area (Å²) in [4.78, 5) is 0. The summed E-state index contributed by atoms with van der Waals surface area (Å²) in [6.07, 6.45) is 14.8. The SMILES string of the molecule is CC.CC.CCCCCC(C)CC1CCCCC1. The first-order valence-corrected chi connectivity index (χ1v) is 8.83. The van der Waals surface area contributed by atoms with Crippen LogP contribution in [0.4, 0.5) is 0 Å². The van der Waals surface area contributed by atoms with Crippen LogP contribution >= 0.6 is 0 Å². The van der Waals surface area contributed by atoms with Crippen LogP contribution in [0.25, 0.3) is 0 Å². The van der Waals surface area contributed by atoms with Gasteiger partial charge in [-0.25, -0.2) is 0 Å². The van der Waals surface area contributed by atoms with Crippen molar-refractivity contribution in [3.05, 3.63) is 0 Å². The molecule has 0 heterocycles. The fourth-order valence-electron chi connectivity index (χ4n) is 2.85. The Balaban J connectivity index is 0. The molecule has 112 valence electrons. The topological polar surface area (TPSA) is 0 Å². The van der Waals surface area contributed by atoms with Crippen LogP contribution in [-0.4, -0.2) is 0 Å². The Kier molecular flexibility index (Phi) is 19.2. The highest BCUT2D eigenvalue weighted by atomic mass is 14.2. The highest BCUT2D eigenvalue weighted by Crippen LogP contribution is 2.30. The molecule has 1 aliphatic carbocycles. The van der Waals surface area contributed by atoms with Crippen molar-refractivity contribution in [2.24, 2.45) is 11.8 Å². The summed E-state index contributed by atoms with van der Waals surface area (Å²) in [7, 11) is 0. The number of unbranched alkanes of at least 4 members (excludes halogenated alkanes) is 2. The third-order valence-electron chi connectivity index (χ3n) is 3.76. The van der Waals surface area contributed by atoms with Crippen LogP contribution in [0.2, 0.25) is 0 Å². The molecular formula is C18H40. The maximum absolute atomic E-state index is 2.46. The smallest absolute Gasteiger partial charge is 0.0412 e. The summed E-state index contributed by atoms with van der Waals surface area (Å²) in [5.41, 5.74) is 0. The second-order valence-corrected chi connectivity index (χ2v) is 5.34. The highest BCUT2D eigenvalue weighted by molar-refractivity contribution is 4.68. The first-order valence-electron chi connectivity index (χ1n) is 8.83. The number of rotatable bonds is 6. The lowest BCUT2D eigenvalue weighted by molar-refractivity contribution is 0.286. The van der Waals surface area contributed by atoms with Crippen molar-refractivity contribution >= 4 is 0 Å². The standard InChI is InChI=1S/C14H28.2C2H6/c1-3-4-6-9-13(2)12-14-10-7-5-8-11-14;2*1-2/h13-14H,3-12H2,1-2H3;2*1-2H3. The Hall–Kier alpha value is 0. The Morgan fingerprint density at radius 1 is 0.889 bits per heavy atom. The zero-order chi connectivity index (χ0) is 14.2. The molecule has 0 heteroatoms. The van der Waals surface area contributed by atoms with E-state index < -0.39 is 0 Å². The molecule has 0 aliphatic heterocycles. The Bertz CT molecular complexity index is 122. The van der Waals surface area contributed by atoms with Crippen LogP contribution in [-0.2, 0) is 0 Å². The van der Waals surface area contributed by atoms with Gasteiger partial charge in [-0.3, -0.25) is 0 Å². The van der Waals surface area contributed by atoms with Gasteiger partial charge in [0.05, 0.1) is 0 Å². The minimum atomic E-state index is 0.990. The molecule has 0 aromatic carbocycles. The minimum Gasteiger partial charge on any atom is -0.0683 e. The first-order chi connectivity index (χ1) is 8.83. The van der Waals surface area contributed by atoms with E-state index >= 15 is 0 Å². The molecule has 1 unspecified atom stereocenters. The second kappa shape index (κ2) is 17.0. The molecule has 1 saturated carbocycles. The summed E-state index contributed by atoms with van der Waals surface area (Å²) in [5, 5.41) is 0. The van der Waals surface area contributed by atoms with Crippen LogP contribution in [0.3, 0.4) is 0 Å². The van der Waals surface area contributed by atoms with E-state index in [4.69, 9.17) is 0 Å². The van der Waals surface area contributed by atoms with E-state index in [1.165, 1.54) is 64.2 Å². The van der Waals surface area contributed by atoms with Crippen LogP contribution < -0.4 is 0 Å². The molecule has 0 aromatic rings. The third kappa shape index (κ3) is 12.5. The molecule has 0 spiro atoms. The van der Waals surface area contributed by atoms with Crippen LogP contribution in [0.5, 0.6) is 0 Å². The molecule has 0 nitrogen and oxygen atoms in total. The Morgan fingerprint density at radius 3 is 1.94 bits per heavy atom. The summed E-state index contributed by atoms with van der Waals surface area (Å²) in [6, 6.07) is 0. The molecule has 0 bridgehead atoms. The normalized spacial score (nSPS) is 17.0.